The Balaban J connectivity index is 1.22. The fourth-order valence-electron chi connectivity index (χ4n) is 6.64. The van der Waals surface area contributed by atoms with Crippen molar-refractivity contribution in [2.24, 2.45) is 17.8 Å². The normalized spacial score (nSPS) is 24.8. The Bertz CT molecular complexity index is 964. The van der Waals surface area contributed by atoms with Gasteiger partial charge in [0.25, 0.3) is 0 Å². The van der Waals surface area contributed by atoms with Gasteiger partial charge in [-0.25, -0.2) is 4.39 Å². The van der Waals surface area contributed by atoms with Crippen LogP contribution in [0.3, 0.4) is 0 Å². The predicted octanol–water partition coefficient (Wildman–Crippen LogP) is 9.59. The minimum Gasteiger partial charge on any atom is -0.491 e. The van der Waals surface area contributed by atoms with Crippen LogP contribution in [-0.2, 0) is 12.8 Å². The molecule has 0 heterocycles. The number of aryl methyl sites for hydroxylation is 2. The molecule has 0 aromatic heterocycles. The molecule has 2 aliphatic rings. The first-order valence-corrected chi connectivity index (χ1v) is 14.4. The second-order valence-corrected chi connectivity index (χ2v) is 11.1. The molecule has 0 N–H and O–H groups in total. The smallest absolute Gasteiger partial charge is 0.200 e. The highest BCUT2D eigenvalue weighted by molar-refractivity contribution is 5.32. The van der Waals surface area contributed by atoms with Gasteiger partial charge in [-0.3, -0.25) is 0 Å². The van der Waals surface area contributed by atoms with Crippen LogP contribution in [0.1, 0.15) is 101 Å². The van der Waals surface area contributed by atoms with Gasteiger partial charge in [-0.2, -0.15) is 4.39 Å². The van der Waals surface area contributed by atoms with E-state index in [1.807, 2.05) is 0 Å². The number of halogens is 2. The SMILES string of the molecule is C/C=C/CCC1CCC(C2CCC(c3ccc(CCc4ccc(OCC)c(F)c4F)cc3)CC2)CC1. The molecule has 0 saturated heterocycles. The quantitative estimate of drug-likeness (QED) is 0.299. The maximum atomic E-state index is 14.4. The topological polar surface area (TPSA) is 9.23 Å². The standard InChI is InChI=1S/C33H44F2O/c1-3-5-6-7-24-8-13-26(14-9-24)28-18-20-29(21-19-28)27-15-10-25(11-16-27)12-17-30-22-23-31(36-4-2)33(35)32(30)34/h3,5,10-11,15-16,22-24,26,28-29H,4,6-9,12-14,17-21H2,1-2H3/b5-3+. The molecular formula is C33H44F2O. The Kier molecular flexibility index (Phi) is 10.0. The molecule has 2 aromatic carbocycles. The zero-order valence-corrected chi connectivity index (χ0v) is 22.3. The van der Waals surface area contributed by atoms with Crippen LogP contribution in [0.2, 0.25) is 0 Å². The Morgan fingerprint density at radius 2 is 1.47 bits per heavy atom. The van der Waals surface area contributed by atoms with Crippen LogP contribution < -0.4 is 4.74 Å². The first-order chi connectivity index (χ1) is 17.6. The van der Waals surface area contributed by atoms with E-state index in [9.17, 15) is 8.78 Å². The average Bonchev–Trinajstić information content (AvgIpc) is 2.92. The first kappa shape index (κ1) is 26.9. The van der Waals surface area contributed by atoms with E-state index in [4.69, 9.17) is 4.74 Å². The fraction of sp³-hybridized carbons (Fsp3) is 0.576. The van der Waals surface area contributed by atoms with Crippen LogP contribution in [0.25, 0.3) is 0 Å². The number of allylic oxidation sites excluding steroid dienone is 2. The van der Waals surface area contributed by atoms with E-state index in [0.717, 1.165) is 17.8 Å². The van der Waals surface area contributed by atoms with Gasteiger partial charge in [0.05, 0.1) is 6.61 Å². The molecular weight excluding hydrogens is 450 g/mol. The van der Waals surface area contributed by atoms with Crippen LogP contribution in [0, 0.1) is 29.4 Å². The first-order valence-electron chi connectivity index (χ1n) is 14.4. The molecule has 0 amide bonds. The van der Waals surface area contributed by atoms with Gasteiger partial charge < -0.3 is 4.74 Å². The molecule has 2 aromatic rings. The maximum Gasteiger partial charge on any atom is 0.200 e. The lowest BCUT2D eigenvalue weighted by molar-refractivity contribution is 0.157. The summed E-state index contributed by atoms with van der Waals surface area (Å²) in [5, 5.41) is 0. The van der Waals surface area contributed by atoms with Crippen LogP contribution in [-0.4, -0.2) is 6.61 Å². The average molecular weight is 495 g/mol. The molecule has 3 heteroatoms. The van der Waals surface area contributed by atoms with Crippen LogP contribution >= 0.6 is 0 Å². The lowest BCUT2D eigenvalue weighted by Gasteiger charge is -2.38. The lowest BCUT2D eigenvalue weighted by Crippen LogP contribution is -2.25. The van der Waals surface area contributed by atoms with Gasteiger partial charge in [-0.1, -0.05) is 55.3 Å². The lowest BCUT2D eigenvalue weighted by atomic mass is 9.68. The molecule has 0 bridgehead atoms. The number of benzene rings is 2. The van der Waals surface area contributed by atoms with Crippen molar-refractivity contribution in [3.05, 3.63) is 76.9 Å². The van der Waals surface area contributed by atoms with Crippen molar-refractivity contribution >= 4 is 0 Å². The Morgan fingerprint density at radius 3 is 2.11 bits per heavy atom. The van der Waals surface area contributed by atoms with Crippen molar-refractivity contribution in [3.8, 4) is 5.75 Å². The largest absolute Gasteiger partial charge is 0.491 e. The molecule has 36 heavy (non-hydrogen) atoms. The second kappa shape index (κ2) is 13.4. The Hall–Kier alpha value is -2.16. The molecule has 0 aliphatic heterocycles. The van der Waals surface area contributed by atoms with Crippen molar-refractivity contribution in [1.29, 1.82) is 0 Å². The van der Waals surface area contributed by atoms with Crippen LogP contribution in [0.4, 0.5) is 8.78 Å². The van der Waals surface area contributed by atoms with Crippen molar-refractivity contribution in [2.75, 3.05) is 6.61 Å². The molecule has 196 valence electrons. The van der Waals surface area contributed by atoms with Crippen LogP contribution in [0.15, 0.2) is 48.6 Å². The van der Waals surface area contributed by atoms with E-state index in [-0.39, 0.29) is 5.75 Å². The molecule has 4 rings (SSSR count). The molecule has 2 saturated carbocycles. The van der Waals surface area contributed by atoms with Gasteiger partial charge in [0.2, 0.25) is 5.82 Å². The highest BCUT2D eigenvalue weighted by atomic mass is 19.2. The highest BCUT2D eigenvalue weighted by Gasteiger charge is 2.31. The third-order valence-corrected chi connectivity index (χ3v) is 8.87. The summed E-state index contributed by atoms with van der Waals surface area (Å²) in [4.78, 5) is 0. The molecule has 0 spiro atoms. The maximum absolute atomic E-state index is 14.4. The Labute approximate surface area is 217 Å². The van der Waals surface area contributed by atoms with Crippen molar-refractivity contribution in [2.45, 2.75) is 96.8 Å². The van der Waals surface area contributed by atoms with Gasteiger partial charge in [-0.15, -0.1) is 0 Å². The minimum atomic E-state index is -0.877. The minimum absolute atomic E-state index is 0.00873. The third-order valence-electron chi connectivity index (χ3n) is 8.87. The van der Waals surface area contributed by atoms with E-state index in [1.165, 1.54) is 81.4 Å². The van der Waals surface area contributed by atoms with Crippen molar-refractivity contribution < 1.29 is 13.5 Å². The third kappa shape index (κ3) is 6.99. The monoisotopic (exact) mass is 494 g/mol. The van der Waals surface area contributed by atoms with E-state index in [1.54, 1.807) is 13.0 Å². The summed E-state index contributed by atoms with van der Waals surface area (Å²) in [5.74, 6) is 1.85. The zero-order chi connectivity index (χ0) is 25.3. The molecule has 0 radical (unpaired) electrons. The number of ether oxygens (including phenoxy) is 1. The summed E-state index contributed by atoms with van der Waals surface area (Å²) in [6, 6.07) is 12.1. The van der Waals surface area contributed by atoms with Gasteiger partial charge in [-0.05, 0) is 124 Å². The Morgan fingerprint density at radius 1 is 0.806 bits per heavy atom. The second-order valence-electron chi connectivity index (χ2n) is 11.1. The summed E-state index contributed by atoms with van der Waals surface area (Å²) in [7, 11) is 0. The van der Waals surface area contributed by atoms with Crippen LogP contribution in [0.5, 0.6) is 5.75 Å². The predicted molar refractivity (Wildman–Crippen MR) is 146 cm³/mol. The van der Waals surface area contributed by atoms with Gasteiger partial charge in [0, 0.05) is 0 Å². The summed E-state index contributed by atoms with van der Waals surface area (Å²) in [5.41, 5.74) is 3.03. The molecule has 2 aliphatic carbocycles. The number of hydrogen-bond acceptors (Lipinski definition) is 1. The number of rotatable bonds is 10. The molecule has 0 unspecified atom stereocenters. The van der Waals surface area contributed by atoms with Gasteiger partial charge >= 0.3 is 0 Å². The molecule has 2 fully saturated rings. The van der Waals surface area contributed by atoms with Crippen molar-refractivity contribution in [1.82, 2.24) is 0 Å². The fourth-order valence-corrected chi connectivity index (χ4v) is 6.64. The summed E-state index contributed by atoms with van der Waals surface area (Å²) < 4.78 is 33.7. The van der Waals surface area contributed by atoms with Gasteiger partial charge in [0.15, 0.2) is 11.6 Å². The van der Waals surface area contributed by atoms with Gasteiger partial charge in [0.1, 0.15) is 0 Å². The summed E-state index contributed by atoms with van der Waals surface area (Å²) in [6.45, 7) is 4.21. The van der Waals surface area contributed by atoms with E-state index in [2.05, 4.69) is 43.3 Å². The van der Waals surface area contributed by atoms with E-state index in [0.29, 0.717) is 30.9 Å². The summed E-state index contributed by atoms with van der Waals surface area (Å²) in [6.07, 6.45) is 19.5. The number of hydrogen-bond donors (Lipinski definition) is 0. The van der Waals surface area contributed by atoms with E-state index >= 15 is 0 Å². The summed E-state index contributed by atoms with van der Waals surface area (Å²) >= 11 is 0. The molecule has 1 nitrogen and oxygen atoms in total. The highest BCUT2D eigenvalue weighted by Crippen LogP contribution is 2.44. The molecule has 0 atom stereocenters. The van der Waals surface area contributed by atoms with Crippen molar-refractivity contribution in [3.63, 3.8) is 0 Å². The zero-order valence-electron chi connectivity index (χ0n) is 22.3. The van der Waals surface area contributed by atoms with E-state index < -0.39 is 11.6 Å².